The van der Waals surface area contributed by atoms with Crippen molar-refractivity contribution in [1.82, 2.24) is 5.48 Å². The molecule has 1 amide bonds. The monoisotopic (exact) mass is 318 g/mol. The highest BCUT2D eigenvalue weighted by atomic mass is 16.6. The molecular weight excluding hydrogens is 300 g/mol. The van der Waals surface area contributed by atoms with Crippen molar-refractivity contribution < 1.29 is 24.2 Å². The molecule has 0 aliphatic carbocycles. The normalized spacial score (nSPS) is 15.1. The Kier molecular flexibility index (Phi) is 6.22. The lowest BCUT2D eigenvalue weighted by molar-refractivity contribution is -0.106. The van der Waals surface area contributed by atoms with Crippen LogP contribution in [0.4, 0.5) is 0 Å². The number of primary amides is 1. The van der Waals surface area contributed by atoms with Crippen molar-refractivity contribution in [2.45, 2.75) is 6.10 Å². The Morgan fingerprint density at radius 3 is 2.65 bits per heavy atom. The second-order valence-electron chi connectivity index (χ2n) is 4.57. The molecule has 1 aliphatic rings. The molecule has 7 heteroatoms. The maximum Gasteiger partial charge on any atom is 0.204 e. The fourth-order valence-corrected chi connectivity index (χ4v) is 1.99. The Bertz CT molecular complexity index is 621. The lowest BCUT2D eigenvalue weighted by Crippen LogP contribution is -2.37. The number of carbonyl (C=O) groups excluding carboxylic acids is 1. The van der Waals surface area contributed by atoms with Gasteiger partial charge in [-0.25, -0.2) is 5.48 Å². The number of rotatable bonds is 4. The Hall–Kier alpha value is -2.77. The first-order chi connectivity index (χ1) is 11.3. The number of fused-ring (bicyclic) bond motifs is 1. The minimum atomic E-state index is -0.201. The van der Waals surface area contributed by atoms with E-state index in [1.165, 1.54) is 0 Å². The van der Waals surface area contributed by atoms with E-state index in [1.54, 1.807) is 12.1 Å². The molecule has 0 spiro atoms. The Balaban J connectivity index is 0.000000595. The molecule has 0 fully saturated rings. The van der Waals surface area contributed by atoms with Gasteiger partial charge in [0, 0.05) is 6.07 Å². The zero-order chi connectivity index (χ0) is 16.5. The third-order valence-corrected chi connectivity index (χ3v) is 2.93. The first-order valence-corrected chi connectivity index (χ1v) is 6.95. The first-order valence-electron chi connectivity index (χ1n) is 6.95. The molecule has 3 rings (SSSR count). The van der Waals surface area contributed by atoms with Crippen molar-refractivity contribution in [1.29, 1.82) is 0 Å². The molecule has 23 heavy (non-hydrogen) atoms. The fourth-order valence-electron chi connectivity index (χ4n) is 1.99. The van der Waals surface area contributed by atoms with E-state index in [2.05, 4.69) is 11.2 Å². The standard InChI is InChI=1S/C15H15NO4.CH3NO/c17-16-9-13-10-18-15-8-12(6-7-14(15)20-13)19-11-4-2-1-3-5-11;2-1-3/h1-8,13,16-17H,9-10H2;1H,(H2,2,3). The SMILES string of the molecule is NC=O.ONCC1COc2cc(Oc3ccccc3)ccc2O1. The summed E-state index contributed by atoms with van der Waals surface area (Å²) in [6, 6.07) is 15.0. The summed E-state index contributed by atoms with van der Waals surface area (Å²) in [5.74, 6) is 2.76. The van der Waals surface area contributed by atoms with Crippen LogP contribution in [-0.4, -0.2) is 30.9 Å². The van der Waals surface area contributed by atoms with Gasteiger partial charge in [0.2, 0.25) is 6.41 Å². The second-order valence-corrected chi connectivity index (χ2v) is 4.57. The predicted molar refractivity (Wildman–Crippen MR) is 82.9 cm³/mol. The number of benzene rings is 2. The molecule has 0 bridgehead atoms. The largest absolute Gasteiger partial charge is 0.486 e. The third-order valence-electron chi connectivity index (χ3n) is 2.93. The number of ether oxygens (including phenoxy) is 3. The zero-order valence-corrected chi connectivity index (χ0v) is 12.3. The molecule has 1 atom stereocenters. The lowest BCUT2D eigenvalue weighted by atomic mass is 10.2. The molecular formula is C16H18N2O5. The number of nitrogens with two attached hydrogens (primary N) is 1. The predicted octanol–water partition coefficient (Wildman–Crippen LogP) is 1.70. The second kappa shape index (κ2) is 8.62. The van der Waals surface area contributed by atoms with Crippen molar-refractivity contribution in [2.75, 3.05) is 13.2 Å². The number of hydroxylamine groups is 1. The topological polar surface area (TPSA) is 103 Å². The van der Waals surface area contributed by atoms with Gasteiger partial charge in [-0.15, -0.1) is 0 Å². The van der Waals surface area contributed by atoms with Crippen molar-refractivity contribution in [3.8, 4) is 23.0 Å². The Morgan fingerprint density at radius 2 is 1.96 bits per heavy atom. The number of para-hydroxylation sites is 1. The van der Waals surface area contributed by atoms with Gasteiger partial charge in [0.1, 0.15) is 24.2 Å². The van der Waals surface area contributed by atoms with Gasteiger partial charge in [-0.05, 0) is 24.3 Å². The highest BCUT2D eigenvalue weighted by molar-refractivity contribution is 5.47. The molecule has 0 saturated heterocycles. The van der Waals surface area contributed by atoms with E-state index in [-0.39, 0.29) is 12.5 Å². The zero-order valence-electron chi connectivity index (χ0n) is 12.3. The van der Waals surface area contributed by atoms with Gasteiger partial charge in [-0.2, -0.15) is 0 Å². The van der Waals surface area contributed by atoms with Crippen LogP contribution in [0.15, 0.2) is 48.5 Å². The lowest BCUT2D eigenvalue weighted by Gasteiger charge is -2.26. The minimum Gasteiger partial charge on any atom is -0.486 e. The first kappa shape index (κ1) is 16.6. The molecule has 1 aliphatic heterocycles. The summed E-state index contributed by atoms with van der Waals surface area (Å²) in [6.07, 6.45) is 0.0494. The van der Waals surface area contributed by atoms with Crippen LogP contribution in [-0.2, 0) is 4.79 Å². The van der Waals surface area contributed by atoms with Crippen LogP contribution in [0.2, 0.25) is 0 Å². The van der Waals surface area contributed by atoms with Crippen LogP contribution < -0.4 is 25.4 Å². The van der Waals surface area contributed by atoms with Crippen LogP contribution in [0, 0.1) is 0 Å². The number of carbonyl (C=O) groups is 1. The van der Waals surface area contributed by atoms with Crippen molar-refractivity contribution in [3.63, 3.8) is 0 Å². The van der Waals surface area contributed by atoms with Crippen LogP contribution in [0.1, 0.15) is 0 Å². The molecule has 2 aromatic rings. The van der Waals surface area contributed by atoms with E-state index in [0.29, 0.717) is 30.4 Å². The number of hydrogen-bond acceptors (Lipinski definition) is 6. The van der Waals surface area contributed by atoms with E-state index >= 15 is 0 Å². The number of amides is 1. The summed E-state index contributed by atoms with van der Waals surface area (Å²) < 4.78 is 17.0. The van der Waals surface area contributed by atoms with Crippen molar-refractivity contribution in [2.24, 2.45) is 5.73 Å². The molecule has 4 N–H and O–H groups in total. The van der Waals surface area contributed by atoms with Gasteiger partial charge in [0.15, 0.2) is 11.5 Å². The van der Waals surface area contributed by atoms with Gasteiger partial charge < -0.3 is 25.2 Å². The Morgan fingerprint density at radius 1 is 1.22 bits per heavy atom. The summed E-state index contributed by atoms with van der Waals surface area (Å²) in [7, 11) is 0. The maximum atomic E-state index is 8.67. The van der Waals surface area contributed by atoms with Gasteiger partial charge >= 0.3 is 0 Å². The number of nitrogens with one attached hydrogen (secondary N) is 1. The van der Waals surface area contributed by atoms with E-state index in [1.807, 2.05) is 36.4 Å². The van der Waals surface area contributed by atoms with Crippen molar-refractivity contribution >= 4 is 6.41 Å². The van der Waals surface area contributed by atoms with E-state index in [0.717, 1.165) is 5.75 Å². The maximum absolute atomic E-state index is 8.67. The van der Waals surface area contributed by atoms with E-state index in [4.69, 9.17) is 24.2 Å². The van der Waals surface area contributed by atoms with Gasteiger partial charge in [-0.1, -0.05) is 18.2 Å². The average molecular weight is 318 g/mol. The molecule has 0 radical (unpaired) electrons. The summed E-state index contributed by atoms with van der Waals surface area (Å²) in [5, 5.41) is 8.67. The molecule has 7 nitrogen and oxygen atoms in total. The quantitative estimate of drug-likeness (QED) is 0.585. The van der Waals surface area contributed by atoms with Gasteiger partial charge in [-0.3, -0.25) is 4.79 Å². The minimum absolute atomic E-state index is 0.201. The number of hydrogen-bond donors (Lipinski definition) is 3. The summed E-state index contributed by atoms with van der Waals surface area (Å²) in [6.45, 7) is 0.705. The van der Waals surface area contributed by atoms with Crippen molar-refractivity contribution in [3.05, 3.63) is 48.5 Å². The molecule has 2 aromatic carbocycles. The molecule has 122 valence electrons. The van der Waals surface area contributed by atoms with Crippen LogP contribution >= 0.6 is 0 Å². The summed E-state index contributed by atoms with van der Waals surface area (Å²) in [5.41, 5.74) is 6.25. The average Bonchev–Trinajstić information content (AvgIpc) is 2.57. The van der Waals surface area contributed by atoms with Gasteiger partial charge in [0.05, 0.1) is 6.54 Å². The molecule has 1 unspecified atom stereocenters. The molecule has 0 saturated carbocycles. The van der Waals surface area contributed by atoms with Crippen LogP contribution in [0.25, 0.3) is 0 Å². The highest BCUT2D eigenvalue weighted by Crippen LogP contribution is 2.36. The Labute approximate surface area is 133 Å². The van der Waals surface area contributed by atoms with E-state index < -0.39 is 0 Å². The highest BCUT2D eigenvalue weighted by Gasteiger charge is 2.21. The molecule has 1 heterocycles. The smallest absolute Gasteiger partial charge is 0.204 e. The molecule has 0 aromatic heterocycles. The van der Waals surface area contributed by atoms with Gasteiger partial charge in [0.25, 0.3) is 0 Å². The van der Waals surface area contributed by atoms with E-state index in [9.17, 15) is 0 Å². The van der Waals surface area contributed by atoms with Crippen LogP contribution in [0.5, 0.6) is 23.0 Å². The summed E-state index contributed by atoms with van der Waals surface area (Å²) in [4.78, 5) is 8.58. The third kappa shape index (κ3) is 4.87. The van der Waals surface area contributed by atoms with Crippen LogP contribution in [0.3, 0.4) is 0 Å². The summed E-state index contributed by atoms with van der Waals surface area (Å²) >= 11 is 0. The fraction of sp³-hybridized carbons (Fsp3) is 0.188.